The summed E-state index contributed by atoms with van der Waals surface area (Å²) in [7, 11) is 0. The van der Waals surface area contributed by atoms with E-state index in [0.717, 1.165) is 12.3 Å². The molecular weight excluding hydrogens is 273 g/mol. The smallest absolute Gasteiger partial charge is 0.329 e. The summed E-state index contributed by atoms with van der Waals surface area (Å²) in [4.78, 5) is 2.31. The van der Waals surface area contributed by atoms with Crippen LogP contribution in [0.2, 0.25) is 0 Å². The SMILES string of the molecule is CC1SCCN(C(C)(CN)CCCC(F)(F)F)C1C. The molecule has 1 heterocycles. The molecule has 114 valence electrons. The highest BCUT2D eigenvalue weighted by molar-refractivity contribution is 8.00. The Morgan fingerprint density at radius 2 is 1.89 bits per heavy atom. The van der Waals surface area contributed by atoms with E-state index in [4.69, 9.17) is 5.73 Å². The lowest BCUT2D eigenvalue weighted by atomic mass is 9.90. The van der Waals surface area contributed by atoms with Crippen LogP contribution < -0.4 is 5.73 Å². The Bertz CT molecular complexity index is 286. The van der Waals surface area contributed by atoms with E-state index >= 15 is 0 Å². The molecule has 2 N–H and O–H groups in total. The van der Waals surface area contributed by atoms with Gasteiger partial charge in [-0.15, -0.1) is 0 Å². The van der Waals surface area contributed by atoms with Gasteiger partial charge in [0.1, 0.15) is 0 Å². The van der Waals surface area contributed by atoms with Crippen LogP contribution >= 0.6 is 11.8 Å². The Hall–Kier alpha value is 0.0600. The molecule has 0 aromatic heterocycles. The molecule has 1 rings (SSSR count). The zero-order valence-electron chi connectivity index (χ0n) is 12.0. The van der Waals surface area contributed by atoms with Crippen molar-refractivity contribution >= 4 is 11.8 Å². The summed E-state index contributed by atoms with van der Waals surface area (Å²) in [6, 6.07) is 0.359. The molecule has 19 heavy (non-hydrogen) atoms. The third kappa shape index (κ3) is 4.83. The molecule has 1 fully saturated rings. The zero-order chi connectivity index (χ0) is 14.7. The molecule has 2 nitrogen and oxygen atoms in total. The molecule has 1 saturated heterocycles. The van der Waals surface area contributed by atoms with Gasteiger partial charge >= 0.3 is 6.18 Å². The molecule has 1 aliphatic rings. The van der Waals surface area contributed by atoms with Crippen LogP contribution in [0.25, 0.3) is 0 Å². The second kappa shape index (κ2) is 6.68. The Balaban J connectivity index is 2.62. The number of hydrogen-bond acceptors (Lipinski definition) is 3. The normalized spacial score (nSPS) is 29.2. The summed E-state index contributed by atoms with van der Waals surface area (Å²) in [5.41, 5.74) is 5.55. The van der Waals surface area contributed by atoms with Gasteiger partial charge in [-0.25, -0.2) is 0 Å². The quantitative estimate of drug-likeness (QED) is 0.845. The van der Waals surface area contributed by atoms with Crippen LogP contribution in [0, 0.1) is 0 Å². The summed E-state index contributed by atoms with van der Waals surface area (Å²) in [5, 5.41) is 0.502. The van der Waals surface area contributed by atoms with Gasteiger partial charge in [0.25, 0.3) is 0 Å². The summed E-state index contributed by atoms with van der Waals surface area (Å²) in [6.07, 6.45) is -4.12. The van der Waals surface area contributed by atoms with Crippen molar-refractivity contribution in [1.82, 2.24) is 4.90 Å². The average molecular weight is 298 g/mol. The molecule has 0 aliphatic carbocycles. The Kier molecular flexibility index (Phi) is 6.01. The van der Waals surface area contributed by atoms with E-state index in [1.54, 1.807) is 0 Å². The van der Waals surface area contributed by atoms with E-state index in [-0.39, 0.29) is 12.0 Å². The fourth-order valence-electron chi connectivity index (χ4n) is 2.73. The van der Waals surface area contributed by atoms with Gasteiger partial charge in [-0.2, -0.15) is 24.9 Å². The molecule has 1 aliphatic heterocycles. The number of halogens is 3. The topological polar surface area (TPSA) is 29.3 Å². The Morgan fingerprint density at radius 1 is 1.26 bits per heavy atom. The number of rotatable bonds is 5. The van der Waals surface area contributed by atoms with Crippen LogP contribution in [0.5, 0.6) is 0 Å². The maximum Gasteiger partial charge on any atom is 0.389 e. The first kappa shape index (κ1) is 17.1. The number of nitrogens with two attached hydrogens (primary N) is 1. The maximum atomic E-state index is 12.3. The predicted octanol–water partition coefficient (Wildman–Crippen LogP) is 3.26. The van der Waals surface area contributed by atoms with E-state index < -0.39 is 12.6 Å². The predicted molar refractivity (Wildman–Crippen MR) is 75.5 cm³/mol. The van der Waals surface area contributed by atoms with Crippen LogP contribution in [0.4, 0.5) is 13.2 Å². The van der Waals surface area contributed by atoms with E-state index in [9.17, 15) is 13.2 Å². The van der Waals surface area contributed by atoms with Crippen molar-refractivity contribution in [2.45, 2.75) is 63.0 Å². The van der Waals surface area contributed by atoms with Crippen molar-refractivity contribution < 1.29 is 13.2 Å². The first-order valence-electron chi connectivity index (χ1n) is 6.85. The lowest BCUT2D eigenvalue weighted by Gasteiger charge is -2.49. The molecule has 0 saturated carbocycles. The molecule has 0 amide bonds. The van der Waals surface area contributed by atoms with Crippen molar-refractivity contribution in [1.29, 1.82) is 0 Å². The number of thioether (sulfide) groups is 1. The fourth-order valence-corrected chi connectivity index (χ4v) is 3.83. The molecule has 6 heteroatoms. The minimum Gasteiger partial charge on any atom is -0.329 e. The average Bonchev–Trinajstić information content (AvgIpc) is 2.30. The Morgan fingerprint density at radius 3 is 2.42 bits per heavy atom. The van der Waals surface area contributed by atoms with Crippen LogP contribution in [0.15, 0.2) is 0 Å². The van der Waals surface area contributed by atoms with E-state index in [1.165, 1.54) is 0 Å². The standard InChI is InChI=1S/C13H25F3N2S/c1-10-11(2)19-8-7-18(10)12(3,9-17)5-4-6-13(14,15)16/h10-11H,4-9,17H2,1-3H3. The second-order valence-electron chi connectivity index (χ2n) is 5.68. The molecule has 3 unspecified atom stereocenters. The molecule has 0 spiro atoms. The first-order chi connectivity index (χ1) is 8.69. The van der Waals surface area contributed by atoms with Gasteiger partial charge in [0.15, 0.2) is 0 Å². The third-order valence-electron chi connectivity index (χ3n) is 4.19. The van der Waals surface area contributed by atoms with Gasteiger partial charge in [-0.3, -0.25) is 4.90 Å². The lowest BCUT2D eigenvalue weighted by Crippen LogP contribution is -2.59. The van der Waals surface area contributed by atoms with Gasteiger partial charge < -0.3 is 5.73 Å². The number of alkyl halides is 3. The zero-order valence-corrected chi connectivity index (χ0v) is 12.8. The first-order valence-corrected chi connectivity index (χ1v) is 7.90. The monoisotopic (exact) mass is 298 g/mol. The van der Waals surface area contributed by atoms with Gasteiger partial charge in [0, 0.05) is 42.1 Å². The van der Waals surface area contributed by atoms with Crippen molar-refractivity contribution in [3.8, 4) is 0 Å². The van der Waals surface area contributed by atoms with E-state index in [0.29, 0.717) is 24.3 Å². The van der Waals surface area contributed by atoms with Crippen molar-refractivity contribution in [3.63, 3.8) is 0 Å². The minimum atomic E-state index is -4.06. The minimum absolute atomic E-state index is 0.155. The fraction of sp³-hybridized carbons (Fsp3) is 1.00. The van der Waals surface area contributed by atoms with E-state index in [2.05, 4.69) is 18.7 Å². The molecule has 0 bridgehead atoms. The molecule has 0 aromatic rings. The third-order valence-corrected chi connectivity index (χ3v) is 5.53. The van der Waals surface area contributed by atoms with Crippen molar-refractivity contribution in [2.24, 2.45) is 5.73 Å². The largest absolute Gasteiger partial charge is 0.389 e. The molecule has 0 radical (unpaired) electrons. The van der Waals surface area contributed by atoms with Crippen molar-refractivity contribution in [3.05, 3.63) is 0 Å². The van der Waals surface area contributed by atoms with Gasteiger partial charge in [-0.05, 0) is 26.7 Å². The molecule has 0 aromatic carbocycles. The summed E-state index contributed by atoms with van der Waals surface area (Å²) < 4.78 is 36.8. The van der Waals surface area contributed by atoms with Crippen molar-refractivity contribution in [2.75, 3.05) is 18.8 Å². The summed E-state index contributed by atoms with van der Waals surface area (Å²) in [5.74, 6) is 1.03. The van der Waals surface area contributed by atoms with Gasteiger partial charge in [0.2, 0.25) is 0 Å². The highest BCUT2D eigenvalue weighted by atomic mass is 32.2. The van der Waals surface area contributed by atoms with Crippen LogP contribution in [0.3, 0.4) is 0 Å². The van der Waals surface area contributed by atoms with Crippen LogP contribution in [-0.4, -0.2) is 46.7 Å². The highest BCUT2D eigenvalue weighted by Crippen LogP contribution is 2.33. The lowest BCUT2D eigenvalue weighted by molar-refractivity contribution is -0.137. The van der Waals surface area contributed by atoms with Gasteiger partial charge in [-0.1, -0.05) is 6.92 Å². The molecular formula is C13H25F3N2S. The summed E-state index contributed by atoms with van der Waals surface area (Å²) >= 11 is 1.92. The van der Waals surface area contributed by atoms with Gasteiger partial charge in [0.05, 0.1) is 0 Å². The Labute approximate surface area is 118 Å². The van der Waals surface area contributed by atoms with Crippen LogP contribution in [-0.2, 0) is 0 Å². The maximum absolute atomic E-state index is 12.3. The van der Waals surface area contributed by atoms with Crippen LogP contribution in [0.1, 0.15) is 40.0 Å². The number of hydrogen-bond donors (Lipinski definition) is 1. The molecule has 3 atom stereocenters. The number of nitrogens with zero attached hydrogens (tertiary/aromatic N) is 1. The summed E-state index contributed by atoms with van der Waals surface area (Å²) in [6.45, 7) is 7.65. The van der Waals surface area contributed by atoms with E-state index in [1.807, 2.05) is 18.7 Å². The highest BCUT2D eigenvalue weighted by Gasteiger charge is 2.38. The second-order valence-corrected chi connectivity index (χ2v) is 7.16.